The van der Waals surface area contributed by atoms with E-state index in [0.29, 0.717) is 20.7 Å². The molecular formula is C10H7Cl3N2OS. The molecule has 0 unspecified atom stereocenters. The van der Waals surface area contributed by atoms with E-state index in [1.165, 1.54) is 11.3 Å². The predicted molar refractivity (Wildman–Crippen MR) is 73.6 cm³/mol. The number of alkyl halides is 1. The Kier molecular flexibility index (Phi) is 3.78. The first-order chi connectivity index (χ1) is 7.97. The molecule has 0 aliphatic heterocycles. The number of halogens is 3. The van der Waals surface area contributed by atoms with Crippen molar-refractivity contribution in [3.05, 3.63) is 22.2 Å². The third-order valence-electron chi connectivity index (χ3n) is 2.00. The van der Waals surface area contributed by atoms with Crippen LogP contribution >= 0.6 is 46.1 Å². The van der Waals surface area contributed by atoms with Crippen molar-refractivity contribution >= 4 is 67.4 Å². The number of rotatable bonds is 2. The number of benzene rings is 1. The Labute approximate surface area is 117 Å². The van der Waals surface area contributed by atoms with Gasteiger partial charge in [0.1, 0.15) is 10.9 Å². The zero-order chi connectivity index (χ0) is 12.6. The minimum atomic E-state index is -0.610. The summed E-state index contributed by atoms with van der Waals surface area (Å²) < 4.78 is 0.819. The summed E-state index contributed by atoms with van der Waals surface area (Å²) in [5.74, 6) is -0.298. The zero-order valence-corrected chi connectivity index (χ0v) is 11.7. The van der Waals surface area contributed by atoms with Gasteiger partial charge in [-0.2, -0.15) is 0 Å². The highest BCUT2D eigenvalue weighted by atomic mass is 35.5. The Morgan fingerprint density at radius 2 is 2.18 bits per heavy atom. The molecule has 0 fully saturated rings. The molecule has 0 bridgehead atoms. The van der Waals surface area contributed by atoms with Gasteiger partial charge >= 0.3 is 0 Å². The second kappa shape index (κ2) is 4.98. The molecule has 3 nitrogen and oxygen atoms in total. The molecule has 2 aromatic rings. The van der Waals surface area contributed by atoms with E-state index < -0.39 is 5.38 Å². The standard InChI is InChI=1S/C10H7Cl3N2OS/c1-4(11)9(16)15-10-14-8-6(13)2-5(12)3-7(8)17-10/h2-4H,1H3,(H,14,15,16)/t4-/m0/s1. The molecule has 0 aliphatic carbocycles. The summed E-state index contributed by atoms with van der Waals surface area (Å²) in [7, 11) is 0. The Morgan fingerprint density at radius 1 is 1.47 bits per heavy atom. The van der Waals surface area contributed by atoms with Gasteiger partial charge in [-0.15, -0.1) is 11.6 Å². The van der Waals surface area contributed by atoms with E-state index >= 15 is 0 Å². The van der Waals surface area contributed by atoms with Crippen molar-refractivity contribution in [1.29, 1.82) is 0 Å². The topological polar surface area (TPSA) is 42.0 Å². The molecule has 1 aromatic carbocycles. The van der Waals surface area contributed by atoms with Gasteiger partial charge in [0.2, 0.25) is 5.91 Å². The van der Waals surface area contributed by atoms with Crippen LogP contribution in [-0.2, 0) is 4.79 Å². The predicted octanol–water partition coefficient (Wildman–Crippen LogP) is 4.17. The number of nitrogens with one attached hydrogen (secondary N) is 1. The maximum Gasteiger partial charge on any atom is 0.243 e. The number of carbonyl (C=O) groups excluding carboxylic acids is 1. The molecule has 1 atom stereocenters. The maximum atomic E-state index is 11.4. The van der Waals surface area contributed by atoms with Crippen LogP contribution in [0.1, 0.15) is 6.92 Å². The smallest absolute Gasteiger partial charge is 0.243 e. The maximum absolute atomic E-state index is 11.4. The molecule has 1 amide bonds. The van der Waals surface area contributed by atoms with Gasteiger partial charge in [-0.25, -0.2) is 4.98 Å². The third kappa shape index (κ3) is 2.83. The fraction of sp³-hybridized carbons (Fsp3) is 0.200. The summed E-state index contributed by atoms with van der Waals surface area (Å²) in [5, 5.41) is 3.46. The lowest BCUT2D eigenvalue weighted by atomic mass is 10.3. The molecule has 1 heterocycles. The van der Waals surface area contributed by atoms with Gasteiger partial charge in [0.15, 0.2) is 5.13 Å². The SMILES string of the molecule is C[C@H](Cl)C(=O)Nc1nc2c(Cl)cc(Cl)cc2s1. The fourth-order valence-electron chi connectivity index (χ4n) is 1.22. The van der Waals surface area contributed by atoms with Crippen LogP contribution < -0.4 is 5.32 Å². The summed E-state index contributed by atoms with van der Waals surface area (Å²) >= 11 is 18.8. The molecule has 17 heavy (non-hydrogen) atoms. The van der Waals surface area contributed by atoms with Gasteiger partial charge in [0, 0.05) is 5.02 Å². The number of aromatic nitrogens is 1. The molecule has 0 aliphatic rings. The largest absolute Gasteiger partial charge is 0.301 e. The van der Waals surface area contributed by atoms with Crippen LogP contribution in [0, 0.1) is 0 Å². The van der Waals surface area contributed by atoms with Gasteiger partial charge < -0.3 is 5.32 Å². The van der Waals surface area contributed by atoms with Gasteiger partial charge in [0.05, 0.1) is 9.72 Å². The second-order valence-electron chi connectivity index (χ2n) is 3.36. The first-order valence-corrected chi connectivity index (χ1v) is 6.69. The number of thiazole rings is 1. The summed E-state index contributed by atoms with van der Waals surface area (Å²) in [6.45, 7) is 1.59. The van der Waals surface area contributed by atoms with E-state index in [4.69, 9.17) is 34.8 Å². The van der Waals surface area contributed by atoms with E-state index in [-0.39, 0.29) is 5.91 Å². The highest BCUT2D eigenvalue weighted by Gasteiger charge is 2.13. The summed E-state index contributed by atoms with van der Waals surface area (Å²) in [6, 6.07) is 3.36. The average Bonchev–Trinajstić information content (AvgIpc) is 2.60. The Hall–Kier alpha value is -0.550. The molecule has 90 valence electrons. The Balaban J connectivity index is 2.38. The van der Waals surface area contributed by atoms with Crippen molar-refractivity contribution in [1.82, 2.24) is 4.98 Å². The normalized spacial score (nSPS) is 12.7. The van der Waals surface area contributed by atoms with Crippen LogP contribution in [0.15, 0.2) is 12.1 Å². The van der Waals surface area contributed by atoms with Gasteiger partial charge in [-0.1, -0.05) is 34.5 Å². The molecule has 0 spiro atoms. The molecule has 7 heteroatoms. The first-order valence-electron chi connectivity index (χ1n) is 4.68. The van der Waals surface area contributed by atoms with Crippen molar-refractivity contribution in [3.8, 4) is 0 Å². The molecule has 0 saturated carbocycles. The van der Waals surface area contributed by atoms with Crippen molar-refractivity contribution in [3.63, 3.8) is 0 Å². The van der Waals surface area contributed by atoms with Crippen molar-refractivity contribution in [2.24, 2.45) is 0 Å². The molecule has 1 aromatic heterocycles. The average molecular weight is 310 g/mol. The van der Waals surface area contributed by atoms with Crippen LogP contribution in [0.3, 0.4) is 0 Å². The van der Waals surface area contributed by atoms with E-state index in [1.54, 1.807) is 19.1 Å². The monoisotopic (exact) mass is 308 g/mol. The van der Waals surface area contributed by atoms with E-state index in [1.807, 2.05) is 0 Å². The second-order valence-corrected chi connectivity index (χ2v) is 5.89. The first kappa shape index (κ1) is 12.9. The van der Waals surface area contributed by atoms with Crippen LogP contribution in [-0.4, -0.2) is 16.3 Å². The summed E-state index contributed by atoms with van der Waals surface area (Å²) in [5.41, 5.74) is 0.624. The number of carbonyl (C=O) groups is 1. The molecular weight excluding hydrogens is 303 g/mol. The number of amides is 1. The minimum absolute atomic E-state index is 0.298. The van der Waals surface area contributed by atoms with E-state index in [2.05, 4.69) is 10.3 Å². The van der Waals surface area contributed by atoms with Crippen LogP contribution in [0.2, 0.25) is 10.0 Å². The number of nitrogens with zero attached hydrogens (tertiary/aromatic N) is 1. The van der Waals surface area contributed by atoms with Crippen molar-refractivity contribution < 1.29 is 4.79 Å². The summed E-state index contributed by atoms with van der Waals surface area (Å²) in [4.78, 5) is 15.6. The van der Waals surface area contributed by atoms with E-state index in [0.717, 1.165) is 4.70 Å². The number of hydrogen-bond acceptors (Lipinski definition) is 3. The van der Waals surface area contributed by atoms with Crippen molar-refractivity contribution in [2.45, 2.75) is 12.3 Å². The zero-order valence-electron chi connectivity index (χ0n) is 8.63. The van der Waals surface area contributed by atoms with Crippen LogP contribution in [0.5, 0.6) is 0 Å². The number of anilines is 1. The van der Waals surface area contributed by atoms with Gasteiger partial charge in [-0.05, 0) is 19.1 Å². The lowest BCUT2D eigenvalue weighted by Gasteiger charge is -2.01. The summed E-state index contributed by atoms with van der Waals surface area (Å²) in [6.07, 6.45) is 0. The molecule has 0 saturated heterocycles. The molecule has 0 radical (unpaired) electrons. The lowest BCUT2D eigenvalue weighted by Crippen LogP contribution is -2.19. The highest BCUT2D eigenvalue weighted by Crippen LogP contribution is 2.33. The highest BCUT2D eigenvalue weighted by molar-refractivity contribution is 7.22. The van der Waals surface area contributed by atoms with Gasteiger partial charge in [-0.3, -0.25) is 4.79 Å². The number of hydrogen-bond donors (Lipinski definition) is 1. The Bertz CT molecular complexity index is 582. The fourth-order valence-corrected chi connectivity index (χ4v) is 2.86. The lowest BCUT2D eigenvalue weighted by molar-refractivity contribution is -0.115. The van der Waals surface area contributed by atoms with Crippen LogP contribution in [0.4, 0.5) is 5.13 Å². The number of fused-ring (bicyclic) bond motifs is 1. The van der Waals surface area contributed by atoms with Crippen LogP contribution in [0.25, 0.3) is 10.2 Å². The minimum Gasteiger partial charge on any atom is -0.301 e. The quantitative estimate of drug-likeness (QED) is 0.846. The van der Waals surface area contributed by atoms with Crippen molar-refractivity contribution in [2.75, 3.05) is 5.32 Å². The van der Waals surface area contributed by atoms with Gasteiger partial charge in [0.25, 0.3) is 0 Å². The molecule has 2 rings (SSSR count). The van der Waals surface area contributed by atoms with E-state index in [9.17, 15) is 4.79 Å². The third-order valence-corrected chi connectivity index (χ3v) is 3.63. The Morgan fingerprint density at radius 3 is 2.82 bits per heavy atom. The molecule has 1 N–H and O–H groups in total.